The highest BCUT2D eigenvalue weighted by Gasteiger charge is 2.22. The Morgan fingerprint density at radius 3 is 2.38 bits per heavy atom. The van der Waals surface area contributed by atoms with Crippen LogP contribution >= 0.6 is 0 Å². The second kappa shape index (κ2) is 11.1. The molecular weight excluding hydrogens is 432 g/mol. The number of nitrogens with two attached hydrogens (primary N) is 2. The molecule has 34 heavy (non-hydrogen) atoms. The van der Waals surface area contributed by atoms with Crippen LogP contribution in [0, 0.1) is 5.92 Å². The summed E-state index contributed by atoms with van der Waals surface area (Å²) in [5.74, 6) is 3.58. The van der Waals surface area contributed by atoms with Crippen molar-refractivity contribution in [3.05, 3.63) is 53.7 Å². The van der Waals surface area contributed by atoms with Gasteiger partial charge in [-0.1, -0.05) is 25.0 Å². The lowest BCUT2D eigenvalue weighted by Gasteiger charge is -2.19. The number of hydrogen-bond donors (Lipinski definition) is 2. The third kappa shape index (κ3) is 6.08. The van der Waals surface area contributed by atoms with E-state index in [9.17, 15) is 0 Å². The summed E-state index contributed by atoms with van der Waals surface area (Å²) in [4.78, 5) is 8.17. The monoisotopic (exact) mass is 464 g/mol. The molecule has 0 amide bonds. The predicted octanol–water partition coefficient (Wildman–Crippen LogP) is 4.46. The van der Waals surface area contributed by atoms with E-state index in [-0.39, 0.29) is 12.7 Å². The Bertz CT molecular complexity index is 1100. The summed E-state index contributed by atoms with van der Waals surface area (Å²) in [6, 6.07) is 11.9. The largest absolute Gasteiger partial charge is 0.493 e. The quantitative estimate of drug-likeness (QED) is 0.378. The van der Waals surface area contributed by atoms with Gasteiger partial charge in [-0.2, -0.15) is 4.98 Å². The molecule has 0 atom stereocenters. The van der Waals surface area contributed by atoms with E-state index in [4.69, 9.17) is 30.4 Å². The minimum atomic E-state index is 0.161. The summed E-state index contributed by atoms with van der Waals surface area (Å²) in [5, 5.41) is 0. The van der Waals surface area contributed by atoms with Crippen LogP contribution in [0.1, 0.15) is 37.3 Å². The Hall–Kier alpha value is -3.52. The summed E-state index contributed by atoms with van der Waals surface area (Å²) in [6.07, 6.45) is 5.84. The molecule has 4 N–H and O–H groups in total. The van der Waals surface area contributed by atoms with E-state index < -0.39 is 0 Å². The molecule has 8 nitrogen and oxygen atoms in total. The number of aromatic nitrogens is 2. The first-order valence-electron chi connectivity index (χ1n) is 11.6. The molecule has 1 aliphatic carbocycles. The van der Waals surface area contributed by atoms with Crippen molar-refractivity contribution in [2.24, 2.45) is 5.92 Å². The van der Waals surface area contributed by atoms with Gasteiger partial charge in [0.25, 0.3) is 0 Å². The maximum atomic E-state index is 6.34. The lowest BCUT2D eigenvalue weighted by Crippen LogP contribution is -2.06. The molecule has 4 rings (SSSR count). The molecule has 0 radical (unpaired) electrons. The van der Waals surface area contributed by atoms with Crippen molar-refractivity contribution in [3.63, 3.8) is 0 Å². The number of methoxy groups -OCH3 is 1. The van der Waals surface area contributed by atoms with Gasteiger partial charge in [0, 0.05) is 25.3 Å². The normalized spacial score (nSPS) is 13.0. The molecule has 1 heterocycles. The smallest absolute Gasteiger partial charge is 0.221 e. The van der Waals surface area contributed by atoms with Crippen LogP contribution in [-0.2, 0) is 11.2 Å². The van der Waals surface area contributed by atoms with E-state index in [1.54, 1.807) is 13.3 Å². The van der Waals surface area contributed by atoms with E-state index in [0.717, 1.165) is 51.8 Å². The number of nitrogens with zero attached hydrogens (tertiary/aromatic N) is 2. The minimum absolute atomic E-state index is 0.161. The van der Waals surface area contributed by atoms with Gasteiger partial charge < -0.3 is 30.4 Å². The van der Waals surface area contributed by atoms with Crippen LogP contribution in [0.25, 0.3) is 11.1 Å². The van der Waals surface area contributed by atoms with Crippen LogP contribution in [0.4, 0.5) is 11.8 Å². The van der Waals surface area contributed by atoms with Crippen molar-refractivity contribution < 1.29 is 18.9 Å². The lowest BCUT2D eigenvalue weighted by molar-refractivity contribution is 0.0511. The standard InChI is InChI=1S/C26H32N4O4/c1-3-32-22-13-18(12-20-15-29-26(28)30-25(20)27)14-23(33-11-10-17-4-5-17)24(22)19-6-8-21(9-7-19)34-16-31-2/h6-9,13-15,17H,3-5,10-12,16H2,1-2H3,(H4,27,28,29,30). The average molecular weight is 465 g/mol. The molecule has 0 unspecified atom stereocenters. The van der Waals surface area contributed by atoms with Crippen LogP contribution in [0.2, 0.25) is 0 Å². The van der Waals surface area contributed by atoms with Gasteiger partial charge in [-0.25, -0.2) is 4.98 Å². The lowest BCUT2D eigenvalue weighted by atomic mass is 9.98. The highest BCUT2D eigenvalue weighted by molar-refractivity contribution is 5.78. The van der Waals surface area contributed by atoms with Crippen molar-refractivity contribution in [1.29, 1.82) is 0 Å². The third-order valence-corrected chi connectivity index (χ3v) is 5.70. The maximum absolute atomic E-state index is 6.34. The summed E-state index contributed by atoms with van der Waals surface area (Å²) in [6.45, 7) is 3.36. The van der Waals surface area contributed by atoms with Gasteiger partial charge in [-0.05, 0) is 54.7 Å². The molecule has 0 saturated heterocycles. The first-order valence-corrected chi connectivity index (χ1v) is 11.6. The van der Waals surface area contributed by atoms with Crippen LogP contribution in [-0.4, -0.2) is 37.1 Å². The first-order chi connectivity index (χ1) is 16.6. The summed E-state index contributed by atoms with van der Waals surface area (Å²) >= 11 is 0. The molecule has 3 aromatic rings. The van der Waals surface area contributed by atoms with E-state index in [2.05, 4.69) is 16.0 Å². The third-order valence-electron chi connectivity index (χ3n) is 5.70. The Morgan fingerprint density at radius 2 is 1.74 bits per heavy atom. The van der Waals surface area contributed by atoms with Crippen LogP contribution in [0.5, 0.6) is 17.2 Å². The van der Waals surface area contributed by atoms with Crippen molar-refractivity contribution >= 4 is 11.8 Å². The molecule has 0 bridgehead atoms. The number of anilines is 2. The average Bonchev–Trinajstić information content (AvgIpc) is 3.65. The zero-order chi connectivity index (χ0) is 23.9. The van der Waals surface area contributed by atoms with Crippen molar-refractivity contribution in [1.82, 2.24) is 9.97 Å². The molecule has 1 fully saturated rings. The van der Waals surface area contributed by atoms with E-state index in [0.29, 0.717) is 25.5 Å². The van der Waals surface area contributed by atoms with Gasteiger partial charge in [-0.15, -0.1) is 0 Å². The topological polar surface area (TPSA) is 115 Å². The van der Waals surface area contributed by atoms with Gasteiger partial charge >= 0.3 is 0 Å². The zero-order valence-electron chi connectivity index (χ0n) is 19.8. The molecule has 2 aromatic carbocycles. The van der Waals surface area contributed by atoms with Crippen molar-refractivity contribution in [2.75, 3.05) is 38.6 Å². The SMILES string of the molecule is CCOc1cc(Cc2cnc(N)nc2N)cc(OCCC2CC2)c1-c1ccc(OCOC)cc1. The Morgan fingerprint density at radius 1 is 1.00 bits per heavy atom. The number of nitrogen functional groups attached to an aromatic ring is 2. The van der Waals surface area contributed by atoms with Crippen LogP contribution < -0.4 is 25.7 Å². The summed E-state index contributed by atoms with van der Waals surface area (Å²) < 4.78 is 22.9. The fourth-order valence-corrected chi connectivity index (χ4v) is 3.79. The molecule has 1 aromatic heterocycles. The minimum Gasteiger partial charge on any atom is -0.493 e. The second-order valence-corrected chi connectivity index (χ2v) is 8.37. The Kier molecular flexibility index (Phi) is 7.69. The van der Waals surface area contributed by atoms with E-state index in [1.807, 2.05) is 37.3 Å². The second-order valence-electron chi connectivity index (χ2n) is 8.37. The van der Waals surface area contributed by atoms with Gasteiger partial charge in [0.2, 0.25) is 5.95 Å². The molecule has 1 saturated carbocycles. The Labute approximate surface area is 200 Å². The Balaban J connectivity index is 1.69. The van der Waals surface area contributed by atoms with E-state index >= 15 is 0 Å². The number of rotatable bonds is 12. The number of hydrogen-bond acceptors (Lipinski definition) is 8. The summed E-state index contributed by atoms with van der Waals surface area (Å²) in [7, 11) is 1.60. The van der Waals surface area contributed by atoms with Crippen molar-refractivity contribution in [2.45, 2.75) is 32.6 Å². The number of ether oxygens (including phenoxy) is 4. The maximum Gasteiger partial charge on any atom is 0.221 e. The van der Waals surface area contributed by atoms with Crippen LogP contribution in [0.3, 0.4) is 0 Å². The van der Waals surface area contributed by atoms with Crippen LogP contribution in [0.15, 0.2) is 42.6 Å². The molecule has 1 aliphatic rings. The zero-order valence-corrected chi connectivity index (χ0v) is 19.8. The highest BCUT2D eigenvalue weighted by atomic mass is 16.7. The first kappa shape index (κ1) is 23.6. The highest BCUT2D eigenvalue weighted by Crippen LogP contribution is 2.42. The van der Waals surface area contributed by atoms with E-state index in [1.165, 1.54) is 12.8 Å². The van der Waals surface area contributed by atoms with Gasteiger partial charge in [0.1, 0.15) is 23.1 Å². The molecule has 0 spiro atoms. The van der Waals surface area contributed by atoms with Gasteiger partial charge in [-0.3, -0.25) is 0 Å². The molecule has 180 valence electrons. The molecular formula is C26H32N4O4. The fraction of sp³-hybridized carbons (Fsp3) is 0.385. The summed E-state index contributed by atoms with van der Waals surface area (Å²) in [5.41, 5.74) is 15.4. The molecule has 8 heteroatoms. The molecule has 0 aliphatic heterocycles. The fourth-order valence-electron chi connectivity index (χ4n) is 3.79. The van der Waals surface area contributed by atoms with Gasteiger partial charge in [0.15, 0.2) is 6.79 Å². The number of benzene rings is 2. The van der Waals surface area contributed by atoms with Crippen molar-refractivity contribution in [3.8, 4) is 28.4 Å². The predicted molar refractivity (Wildman–Crippen MR) is 132 cm³/mol. The van der Waals surface area contributed by atoms with Gasteiger partial charge in [0.05, 0.1) is 18.8 Å².